The maximum atomic E-state index is 9.03. The minimum atomic E-state index is 0.200. The number of nitrogens with one attached hydrogen (secondary N) is 1. The highest BCUT2D eigenvalue weighted by atomic mass is 79.9. The Morgan fingerprint density at radius 1 is 1.47 bits per heavy atom. The van der Waals surface area contributed by atoms with Crippen molar-refractivity contribution in [2.75, 3.05) is 6.61 Å². The van der Waals surface area contributed by atoms with Crippen molar-refractivity contribution in [1.29, 1.82) is 0 Å². The highest BCUT2D eigenvalue weighted by molar-refractivity contribution is 9.10. The smallest absolute Gasteiger partial charge is 0.0584 e. The van der Waals surface area contributed by atoms with E-state index in [4.69, 9.17) is 5.11 Å². The van der Waals surface area contributed by atoms with E-state index >= 15 is 0 Å². The number of hydrogen-bond donors (Lipinski definition) is 2. The second-order valence-electron chi connectivity index (χ2n) is 3.75. The van der Waals surface area contributed by atoms with Crippen LogP contribution in [0.5, 0.6) is 0 Å². The van der Waals surface area contributed by atoms with Gasteiger partial charge in [0.15, 0.2) is 0 Å². The van der Waals surface area contributed by atoms with Crippen LogP contribution in [0.4, 0.5) is 0 Å². The first-order chi connectivity index (χ1) is 7.17. The monoisotopic (exact) mass is 271 g/mol. The SMILES string of the molecule is CC[C@@H](CO)NCc1ccc(Br)c(C)c1. The Kier molecular flexibility index (Phi) is 5.29. The Balaban J connectivity index is 2.54. The van der Waals surface area contributed by atoms with Gasteiger partial charge in [0, 0.05) is 17.1 Å². The molecule has 0 radical (unpaired) electrons. The Morgan fingerprint density at radius 2 is 2.20 bits per heavy atom. The predicted octanol–water partition coefficient (Wildman–Crippen LogP) is 2.62. The van der Waals surface area contributed by atoms with E-state index in [-0.39, 0.29) is 12.6 Å². The van der Waals surface area contributed by atoms with E-state index in [1.54, 1.807) is 0 Å². The zero-order valence-electron chi connectivity index (χ0n) is 9.26. The third-order valence-corrected chi connectivity index (χ3v) is 3.42. The van der Waals surface area contributed by atoms with E-state index in [1.165, 1.54) is 11.1 Å². The van der Waals surface area contributed by atoms with Crippen LogP contribution in [0.15, 0.2) is 22.7 Å². The van der Waals surface area contributed by atoms with E-state index < -0.39 is 0 Å². The second-order valence-corrected chi connectivity index (χ2v) is 4.61. The topological polar surface area (TPSA) is 32.3 Å². The molecule has 84 valence electrons. The van der Waals surface area contributed by atoms with Crippen molar-refractivity contribution in [3.05, 3.63) is 33.8 Å². The van der Waals surface area contributed by atoms with E-state index in [9.17, 15) is 0 Å². The first kappa shape index (κ1) is 12.7. The lowest BCUT2D eigenvalue weighted by Gasteiger charge is -2.14. The normalized spacial score (nSPS) is 12.8. The van der Waals surface area contributed by atoms with Crippen molar-refractivity contribution in [3.63, 3.8) is 0 Å². The molecule has 1 aromatic rings. The third kappa shape index (κ3) is 3.93. The molecule has 2 N–H and O–H groups in total. The Hall–Kier alpha value is -0.380. The Bertz CT molecular complexity index is 310. The van der Waals surface area contributed by atoms with E-state index in [2.05, 4.69) is 53.3 Å². The largest absolute Gasteiger partial charge is 0.395 e. The van der Waals surface area contributed by atoms with Gasteiger partial charge in [0.2, 0.25) is 0 Å². The van der Waals surface area contributed by atoms with Gasteiger partial charge < -0.3 is 10.4 Å². The number of halogens is 1. The lowest BCUT2D eigenvalue weighted by atomic mass is 10.1. The summed E-state index contributed by atoms with van der Waals surface area (Å²) in [5.41, 5.74) is 2.49. The van der Waals surface area contributed by atoms with Gasteiger partial charge in [-0.1, -0.05) is 35.0 Å². The molecule has 0 fully saturated rings. The summed E-state index contributed by atoms with van der Waals surface area (Å²) >= 11 is 3.48. The fourth-order valence-electron chi connectivity index (χ4n) is 1.42. The van der Waals surface area contributed by atoms with Crippen molar-refractivity contribution in [3.8, 4) is 0 Å². The molecule has 0 saturated carbocycles. The van der Waals surface area contributed by atoms with Gasteiger partial charge in [-0.05, 0) is 30.5 Å². The molecule has 0 aromatic heterocycles. The van der Waals surface area contributed by atoms with Crippen molar-refractivity contribution in [2.24, 2.45) is 0 Å². The molecule has 3 heteroatoms. The van der Waals surface area contributed by atoms with Gasteiger partial charge in [-0.3, -0.25) is 0 Å². The van der Waals surface area contributed by atoms with E-state index in [1.807, 2.05) is 0 Å². The molecule has 2 nitrogen and oxygen atoms in total. The molecule has 15 heavy (non-hydrogen) atoms. The van der Waals surface area contributed by atoms with Gasteiger partial charge in [0.05, 0.1) is 6.61 Å². The summed E-state index contributed by atoms with van der Waals surface area (Å²) in [7, 11) is 0. The van der Waals surface area contributed by atoms with Crippen molar-refractivity contribution in [1.82, 2.24) is 5.32 Å². The van der Waals surface area contributed by atoms with Crippen LogP contribution in [-0.4, -0.2) is 17.8 Å². The Morgan fingerprint density at radius 3 is 2.73 bits per heavy atom. The van der Waals surface area contributed by atoms with Gasteiger partial charge in [-0.25, -0.2) is 0 Å². The molecule has 0 aliphatic heterocycles. The molecular formula is C12H18BrNO. The number of aliphatic hydroxyl groups excluding tert-OH is 1. The third-order valence-electron chi connectivity index (χ3n) is 2.53. The summed E-state index contributed by atoms with van der Waals surface area (Å²) < 4.78 is 1.14. The van der Waals surface area contributed by atoms with Crippen LogP contribution in [-0.2, 0) is 6.54 Å². The highest BCUT2D eigenvalue weighted by Crippen LogP contribution is 2.17. The van der Waals surface area contributed by atoms with Crippen LogP contribution in [0.3, 0.4) is 0 Å². The summed E-state index contributed by atoms with van der Waals surface area (Å²) in [6.07, 6.45) is 0.950. The second kappa shape index (κ2) is 6.26. The fourth-order valence-corrected chi connectivity index (χ4v) is 1.66. The molecule has 0 aliphatic carbocycles. The molecule has 0 spiro atoms. The maximum Gasteiger partial charge on any atom is 0.0584 e. The zero-order chi connectivity index (χ0) is 11.3. The highest BCUT2D eigenvalue weighted by Gasteiger charge is 2.03. The van der Waals surface area contributed by atoms with Crippen LogP contribution in [0.25, 0.3) is 0 Å². The zero-order valence-corrected chi connectivity index (χ0v) is 10.8. The minimum Gasteiger partial charge on any atom is -0.395 e. The van der Waals surface area contributed by atoms with Gasteiger partial charge in [-0.15, -0.1) is 0 Å². The van der Waals surface area contributed by atoms with Crippen LogP contribution in [0, 0.1) is 6.92 Å². The maximum absolute atomic E-state index is 9.03. The van der Waals surface area contributed by atoms with Gasteiger partial charge >= 0.3 is 0 Å². The van der Waals surface area contributed by atoms with Gasteiger partial charge in [0.25, 0.3) is 0 Å². The average Bonchev–Trinajstić information content (AvgIpc) is 2.24. The van der Waals surface area contributed by atoms with Crippen LogP contribution >= 0.6 is 15.9 Å². The van der Waals surface area contributed by atoms with E-state index in [0.717, 1.165) is 17.4 Å². The summed E-state index contributed by atoms with van der Waals surface area (Å²) in [6, 6.07) is 6.51. The lowest BCUT2D eigenvalue weighted by Crippen LogP contribution is -2.31. The molecule has 0 amide bonds. The average molecular weight is 272 g/mol. The van der Waals surface area contributed by atoms with Gasteiger partial charge in [-0.2, -0.15) is 0 Å². The van der Waals surface area contributed by atoms with Crippen molar-refractivity contribution < 1.29 is 5.11 Å². The summed E-state index contributed by atoms with van der Waals surface area (Å²) in [4.78, 5) is 0. The number of benzene rings is 1. The number of rotatable bonds is 5. The molecule has 0 heterocycles. The molecule has 0 aliphatic rings. The quantitative estimate of drug-likeness (QED) is 0.863. The lowest BCUT2D eigenvalue weighted by molar-refractivity contribution is 0.238. The standard InChI is InChI=1S/C12H18BrNO/c1-3-11(8-15)14-7-10-4-5-12(13)9(2)6-10/h4-6,11,14-15H,3,7-8H2,1-2H3/t11-/m0/s1. The molecule has 1 rings (SSSR count). The molecular weight excluding hydrogens is 254 g/mol. The summed E-state index contributed by atoms with van der Waals surface area (Å²) in [5.74, 6) is 0. The fraction of sp³-hybridized carbons (Fsp3) is 0.500. The van der Waals surface area contributed by atoms with Crippen LogP contribution in [0.1, 0.15) is 24.5 Å². The first-order valence-electron chi connectivity index (χ1n) is 5.26. The number of aryl methyl sites for hydroxylation is 1. The first-order valence-corrected chi connectivity index (χ1v) is 6.06. The van der Waals surface area contributed by atoms with Gasteiger partial charge in [0.1, 0.15) is 0 Å². The summed E-state index contributed by atoms with van der Waals surface area (Å²) in [6.45, 7) is 5.16. The van der Waals surface area contributed by atoms with Crippen molar-refractivity contribution in [2.45, 2.75) is 32.9 Å². The molecule has 0 bridgehead atoms. The predicted molar refractivity (Wildman–Crippen MR) is 66.9 cm³/mol. The molecule has 0 unspecified atom stereocenters. The molecule has 0 saturated heterocycles. The number of hydrogen-bond acceptors (Lipinski definition) is 2. The minimum absolute atomic E-state index is 0.200. The van der Waals surface area contributed by atoms with Crippen LogP contribution in [0.2, 0.25) is 0 Å². The molecule has 1 atom stereocenters. The van der Waals surface area contributed by atoms with Crippen molar-refractivity contribution >= 4 is 15.9 Å². The summed E-state index contributed by atoms with van der Waals surface area (Å²) in [5, 5.41) is 12.3. The van der Waals surface area contributed by atoms with E-state index in [0.29, 0.717) is 0 Å². The number of aliphatic hydroxyl groups is 1. The van der Waals surface area contributed by atoms with Crippen LogP contribution < -0.4 is 5.32 Å². The molecule has 1 aromatic carbocycles. The Labute approximate surface area is 99.8 Å².